The zero-order chi connectivity index (χ0) is 11.4. The molecule has 0 aromatic rings. The minimum absolute atomic E-state index is 0.0656. The number of sulfone groups is 1. The smallest absolute Gasteiger partial charge is 0.171 e. The summed E-state index contributed by atoms with van der Waals surface area (Å²) < 4.78 is 35.1. The highest BCUT2D eigenvalue weighted by Crippen LogP contribution is 2.47. The van der Waals surface area contributed by atoms with Crippen LogP contribution in [0.5, 0.6) is 0 Å². The van der Waals surface area contributed by atoms with Crippen LogP contribution in [0, 0.1) is 0 Å². The maximum atomic E-state index is 11.9. The van der Waals surface area contributed by atoms with E-state index < -0.39 is 15.6 Å². The van der Waals surface area contributed by atoms with Gasteiger partial charge in [0.15, 0.2) is 15.6 Å². The molecule has 3 rings (SSSR count). The van der Waals surface area contributed by atoms with Gasteiger partial charge in [-0.05, 0) is 12.8 Å². The normalized spacial score (nSPS) is 49.9. The molecular weight excluding hydrogens is 232 g/mol. The zero-order valence-corrected chi connectivity index (χ0v) is 9.78. The molecule has 1 spiro atoms. The van der Waals surface area contributed by atoms with Crippen molar-refractivity contribution in [2.45, 2.75) is 48.1 Å². The van der Waals surface area contributed by atoms with E-state index in [1.807, 2.05) is 0 Å². The van der Waals surface area contributed by atoms with Gasteiger partial charge in [-0.2, -0.15) is 0 Å². The maximum Gasteiger partial charge on any atom is 0.171 e. The van der Waals surface area contributed by atoms with E-state index in [0.717, 1.165) is 12.8 Å². The first-order chi connectivity index (χ1) is 7.56. The number of aliphatic hydroxyl groups is 1. The Morgan fingerprint density at radius 1 is 1.25 bits per heavy atom. The quantitative estimate of drug-likeness (QED) is 0.697. The van der Waals surface area contributed by atoms with Crippen LogP contribution in [0.3, 0.4) is 0 Å². The van der Waals surface area contributed by atoms with Crippen LogP contribution in [0.1, 0.15) is 25.7 Å². The Morgan fingerprint density at radius 2 is 1.88 bits per heavy atom. The molecule has 3 unspecified atom stereocenters. The SMILES string of the molecule is O=S1(=O)C2CCC1CC1(C2)OCC(CO)O1. The highest BCUT2D eigenvalue weighted by molar-refractivity contribution is 7.93. The third-order valence-corrected chi connectivity index (χ3v) is 6.60. The van der Waals surface area contributed by atoms with E-state index in [-0.39, 0.29) is 23.2 Å². The Bertz CT molecular complexity index is 370. The van der Waals surface area contributed by atoms with Gasteiger partial charge in [0, 0.05) is 12.8 Å². The lowest BCUT2D eigenvalue weighted by atomic mass is 10.1. The van der Waals surface area contributed by atoms with Gasteiger partial charge in [-0.3, -0.25) is 0 Å². The molecule has 3 heterocycles. The van der Waals surface area contributed by atoms with Crippen molar-refractivity contribution in [2.75, 3.05) is 13.2 Å². The molecule has 3 saturated heterocycles. The largest absolute Gasteiger partial charge is 0.394 e. The molecule has 2 bridgehead atoms. The first-order valence-corrected chi connectivity index (χ1v) is 7.32. The van der Waals surface area contributed by atoms with E-state index in [9.17, 15) is 8.42 Å². The standard InChI is InChI=1S/C10H16O5S/c11-5-7-6-14-10(15-7)3-8-1-2-9(4-10)16(8,12)13/h7-9,11H,1-6H2. The fraction of sp³-hybridized carbons (Fsp3) is 1.00. The van der Waals surface area contributed by atoms with Gasteiger partial charge in [0.25, 0.3) is 0 Å². The van der Waals surface area contributed by atoms with Gasteiger partial charge in [0.05, 0.1) is 23.7 Å². The molecule has 16 heavy (non-hydrogen) atoms. The van der Waals surface area contributed by atoms with Gasteiger partial charge in [-0.15, -0.1) is 0 Å². The van der Waals surface area contributed by atoms with Crippen molar-refractivity contribution in [1.82, 2.24) is 0 Å². The summed E-state index contributed by atoms with van der Waals surface area (Å²) in [6, 6.07) is 0. The summed E-state index contributed by atoms with van der Waals surface area (Å²) in [5, 5.41) is 8.40. The topological polar surface area (TPSA) is 72.8 Å². The molecule has 3 aliphatic rings. The second-order valence-corrected chi connectivity index (χ2v) is 7.47. The summed E-state index contributed by atoms with van der Waals surface area (Å²) >= 11 is 0. The van der Waals surface area contributed by atoms with Crippen molar-refractivity contribution in [1.29, 1.82) is 0 Å². The Hall–Kier alpha value is -0.170. The minimum Gasteiger partial charge on any atom is -0.394 e. The fourth-order valence-corrected chi connectivity index (χ4v) is 5.55. The average molecular weight is 248 g/mol. The van der Waals surface area contributed by atoms with Crippen LogP contribution in [-0.2, 0) is 19.3 Å². The lowest BCUT2D eigenvalue weighted by Gasteiger charge is -2.35. The molecular formula is C10H16O5S. The maximum absolute atomic E-state index is 11.9. The zero-order valence-electron chi connectivity index (χ0n) is 8.96. The third-order valence-electron chi connectivity index (χ3n) is 3.93. The Balaban J connectivity index is 1.83. The van der Waals surface area contributed by atoms with Crippen molar-refractivity contribution < 1.29 is 23.0 Å². The molecule has 0 saturated carbocycles. The number of aliphatic hydroxyl groups excluding tert-OH is 1. The number of ether oxygens (including phenoxy) is 2. The van der Waals surface area contributed by atoms with Crippen molar-refractivity contribution in [2.24, 2.45) is 0 Å². The van der Waals surface area contributed by atoms with E-state index in [1.54, 1.807) is 0 Å². The number of rotatable bonds is 1. The first kappa shape index (κ1) is 11.0. The molecule has 3 atom stereocenters. The van der Waals surface area contributed by atoms with Crippen LogP contribution >= 0.6 is 0 Å². The molecule has 0 radical (unpaired) electrons. The van der Waals surface area contributed by atoms with Gasteiger partial charge in [0.1, 0.15) is 6.10 Å². The fourth-order valence-electron chi connectivity index (χ4n) is 3.11. The highest BCUT2D eigenvalue weighted by Gasteiger charge is 2.57. The monoisotopic (exact) mass is 248 g/mol. The van der Waals surface area contributed by atoms with E-state index in [2.05, 4.69) is 0 Å². The van der Waals surface area contributed by atoms with Gasteiger partial charge in [-0.1, -0.05) is 0 Å². The molecule has 5 nitrogen and oxygen atoms in total. The van der Waals surface area contributed by atoms with Crippen LogP contribution in [0.4, 0.5) is 0 Å². The highest BCUT2D eigenvalue weighted by atomic mass is 32.2. The lowest BCUT2D eigenvalue weighted by Crippen LogP contribution is -2.46. The summed E-state index contributed by atoms with van der Waals surface area (Å²) in [5.74, 6) is -0.732. The van der Waals surface area contributed by atoms with Crippen molar-refractivity contribution in [3.63, 3.8) is 0 Å². The van der Waals surface area contributed by atoms with Gasteiger partial charge in [-0.25, -0.2) is 8.42 Å². The number of hydrogen-bond acceptors (Lipinski definition) is 5. The van der Waals surface area contributed by atoms with E-state index in [1.165, 1.54) is 0 Å². The van der Waals surface area contributed by atoms with E-state index in [0.29, 0.717) is 19.4 Å². The second kappa shape index (κ2) is 3.41. The minimum atomic E-state index is -2.94. The summed E-state index contributed by atoms with van der Waals surface area (Å²) in [6.45, 7) is 0.305. The molecule has 6 heteroatoms. The van der Waals surface area contributed by atoms with Crippen molar-refractivity contribution in [3.8, 4) is 0 Å². The van der Waals surface area contributed by atoms with Crippen LogP contribution in [0.2, 0.25) is 0 Å². The third kappa shape index (κ3) is 1.44. The Morgan fingerprint density at radius 3 is 2.38 bits per heavy atom. The molecule has 92 valence electrons. The second-order valence-electron chi connectivity index (χ2n) is 4.96. The van der Waals surface area contributed by atoms with Crippen LogP contribution in [0.25, 0.3) is 0 Å². The predicted octanol–water partition coefficient (Wildman–Crippen LogP) is -0.170. The first-order valence-electron chi connectivity index (χ1n) is 5.71. The Kier molecular flexibility index (Phi) is 2.34. The molecule has 0 aromatic carbocycles. The number of fused-ring (bicyclic) bond motifs is 2. The van der Waals surface area contributed by atoms with Gasteiger partial charge >= 0.3 is 0 Å². The molecule has 3 fully saturated rings. The van der Waals surface area contributed by atoms with Gasteiger partial charge in [0.2, 0.25) is 0 Å². The lowest BCUT2D eigenvalue weighted by molar-refractivity contribution is -0.180. The molecule has 3 aliphatic heterocycles. The van der Waals surface area contributed by atoms with Crippen LogP contribution in [0.15, 0.2) is 0 Å². The average Bonchev–Trinajstić information content (AvgIpc) is 2.65. The Labute approximate surface area is 94.7 Å². The number of hydrogen-bond donors (Lipinski definition) is 1. The summed E-state index contributed by atoms with van der Waals surface area (Å²) in [7, 11) is -2.94. The van der Waals surface area contributed by atoms with Crippen LogP contribution < -0.4 is 0 Å². The molecule has 0 aromatic heterocycles. The van der Waals surface area contributed by atoms with Crippen molar-refractivity contribution >= 4 is 9.84 Å². The van der Waals surface area contributed by atoms with Crippen LogP contribution in [-0.4, -0.2) is 49.1 Å². The van der Waals surface area contributed by atoms with Crippen molar-refractivity contribution in [3.05, 3.63) is 0 Å². The molecule has 0 amide bonds. The van der Waals surface area contributed by atoms with E-state index >= 15 is 0 Å². The summed E-state index contributed by atoms with van der Waals surface area (Å²) in [4.78, 5) is 0. The van der Waals surface area contributed by atoms with Gasteiger partial charge < -0.3 is 14.6 Å². The van der Waals surface area contributed by atoms with E-state index in [4.69, 9.17) is 14.6 Å². The molecule has 1 N–H and O–H groups in total. The molecule has 0 aliphatic carbocycles. The predicted molar refractivity (Wildman–Crippen MR) is 55.6 cm³/mol. The summed E-state index contributed by atoms with van der Waals surface area (Å²) in [5.41, 5.74) is 0. The summed E-state index contributed by atoms with van der Waals surface area (Å²) in [6.07, 6.45) is 2.03.